The van der Waals surface area contributed by atoms with Crippen LogP contribution < -0.4 is 0 Å². The number of hydrogen-bond acceptors (Lipinski definition) is 6. The molecule has 6 nitrogen and oxygen atoms in total. The molecule has 0 amide bonds. The molecule has 0 aliphatic heterocycles. The number of benzene rings is 1. The molecule has 1 N–H and O–H groups in total. The Labute approximate surface area is 168 Å². The third-order valence-electron chi connectivity index (χ3n) is 2.81. The van der Waals surface area contributed by atoms with E-state index in [2.05, 4.69) is 4.74 Å². The minimum absolute atomic E-state index is 0.0949. The molecule has 0 aliphatic rings. The summed E-state index contributed by atoms with van der Waals surface area (Å²) in [7, 11) is -6.14. The van der Waals surface area contributed by atoms with Crippen LogP contribution in [-0.4, -0.2) is 47.8 Å². The molecule has 26 heavy (non-hydrogen) atoms. The Morgan fingerprint density at radius 3 is 1.96 bits per heavy atom. The van der Waals surface area contributed by atoms with Crippen molar-refractivity contribution in [2.45, 2.75) is 18.0 Å². The molecule has 0 spiro atoms. The smallest absolute Gasteiger partial charge is 0.438 e. The average molecular weight is 633 g/mol. The van der Waals surface area contributed by atoms with Gasteiger partial charge in [0.25, 0.3) is 0 Å². The SMILES string of the molecule is O=C(OC(CS(=O)(=O)[O-])(C(F)(F)F)C(F)(F)F)c1cc(I)cc(I)c1O. The molecule has 1 rings (SSSR count). The lowest BCUT2D eigenvalue weighted by atomic mass is 10.1. The minimum Gasteiger partial charge on any atom is -0.748 e. The monoisotopic (exact) mass is 633 g/mol. The van der Waals surface area contributed by atoms with Gasteiger partial charge in [0.15, 0.2) is 0 Å². The number of carbonyl (C=O) groups is 1. The Kier molecular flexibility index (Phi) is 6.73. The number of ether oxygens (including phenoxy) is 1. The molecule has 15 heteroatoms. The van der Waals surface area contributed by atoms with Gasteiger partial charge in [0.05, 0.1) is 19.4 Å². The number of halogens is 8. The van der Waals surface area contributed by atoms with Crippen molar-refractivity contribution in [3.63, 3.8) is 0 Å². The summed E-state index contributed by atoms with van der Waals surface area (Å²) >= 11 is 3.01. The van der Waals surface area contributed by atoms with E-state index in [1.165, 1.54) is 28.7 Å². The first kappa shape index (κ1) is 23.5. The Bertz CT molecular complexity index is 806. The highest BCUT2D eigenvalue weighted by atomic mass is 127. The van der Waals surface area contributed by atoms with Gasteiger partial charge in [-0.1, -0.05) is 0 Å². The zero-order valence-corrected chi connectivity index (χ0v) is 16.9. The number of phenols is 1. The zero-order chi connectivity index (χ0) is 20.7. The largest absolute Gasteiger partial charge is 0.748 e. The highest BCUT2D eigenvalue weighted by Gasteiger charge is 2.75. The Hall–Kier alpha value is -0.560. The van der Waals surface area contributed by atoms with Gasteiger partial charge in [0, 0.05) is 3.57 Å². The molecule has 0 fully saturated rings. The van der Waals surface area contributed by atoms with E-state index in [0.717, 1.165) is 6.07 Å². The van der Waals surface area contributed by atoms with Gasteiger partial charge >= 0.3 is 23.9 Å². The summed E-state index contributed by atoms with van der Waals surface area (Å²) in [4.78, 5) is 11.9. The molecule has 0 aromatic heterocycles. The molecule has 148 valence electrons. The fourth-order valence-corrected chi connectivity index (χ4v) is 4.38. The van der Waals surface area contributed by atoms with Gasteiger partial charge in [-0.3, -0.25) is 0 Å². The summed E-state index contributed by atoms with van der Waals surface area (Å²) in [5.41, 5.74) is -6.67. The first-order valence-electron chi connectivity index (χ1n) is 5.89. The van der Waals surface area contributed by atoms with Crippen LogP contribution in [-0.2, 0) is 14.9 Å². The van der Waals surface area contributed by atoms with Gasteiger partial charge in [-0.25, -0.2) is 13.2 Å². The summed E-state index contributed by atoms with van der Waals surface area (Å²) < 4.78 is 114. The van der Waals surface area contributed by atoms with E-state index >= 15 is 0 Å². The molecular formula is C11H5F6I2O6S-. The molecule has 1 aromatic carbocycles. The number of aromatic hydroxyl groups is 1. The number of phenolic OH excluding ortho intramolecular Hbond substituents is 1. The van der Waals surface area contributed by atoms with E-state index in [1.807, 2.05) is 0 Å². The normalized spacial score (nSPS) is 13.6. The lowest BCUT2D eigenvalue weighted by Gasteiger charge is -2.36. The second-order valence-corrected chi connectivity index (χ2v) is 8.51. The van der Waals surface area contributed by atoms with Crippen molar-refractivity contribution in [1.82, 2.24) is 0 Å². The second-order valence-electron chi connectivity index (χ2n) is 4.70. The van der Waals surface area contributed by atoms with Gasteiger partial charge in [-0.05, 0) is 57.3 Å². The third kappa shape index (κ3) is 5.03. The molecule has 0 heterocycles. The quantitative estimate of drug-likeness (QED) is 0.237. The summed E-state index contributed by atoms with van der Waals surface area (Å²) in [6.07, 6.45) is -13.0. The topological polar surface area (TPSA) is 104 Å². The molecule has 1 aromatic rings. The van der Waals surface area contributed by atoms with Gasteiger partial charge < -0.3 is 14.4 Å². The number of alkyl halides is 6. The number of esters is 1. The predicted molar refractivity (Wildman–Crippen MR) is 88.4 cm³/mol. The molecule has 0 saturated carbocycles. The van der Waals surface area contributed by atoms with E-state index in [4.69, 9.17) is 0 Å². The van der Waals surface area contributed by atoms with Gasteiger partial charge in [-0.15, -0.1) is 0 Å². The summed E-state index contributed by atoms with van der Waals surface area (Å²) in [6.45, 7) is 0. The molecule has 0 atom stereocenters. The van der Waals surface area contributed by atoms with Crippen molar-refractivity contribution in [1.29, 1.82) is 0 Å². The van der Waals surface area contributed by atoms with E-state index in [-0.39, 0.29) is 7.14 Å². The van der Waals surface area contributed by atoms with Crippen LogP contribution >= 0.6 is 45.2 Å². The maximum absolute atomic E-state index is 13.1. The van der Waals surface area contributed by atoms with E-state index in [1.54, 1.807) is 22.6 Å². The number of carbonyl (C=O) groups excluding carboxylic acids is 1. The first-order chi connectivity index (χ1) is 11.4. The third-order valence-corrected chi connectivity index (χ3v) is 5.02. The predicted octanol–water partition coefficient (Wildman–Crippen LogP) is 3.17. The molecule has 0 saturated heterocycles. The van der Waals surface area contributed by atoms with E-state index in [0.29, 0.717) is 0 Å². The van der Waals surface area contributed by atoms with Crippen LogP contribution in [0, 0.1) is 7.14 Å². The highest BCUT2D eigenvalue weighted by Crippen LogP contribution is 2.47. The Balaban J connectivity index is 3.58. The van der Waals surface area contributed by atoms with Crippen molar-refractivity contribution in [2.24, 2.45) is 0 Å². The summed E-state index contributed by atoms with van der Waals surface area (Å²) in [5, 5.41) is 9.67. The lowest BCUT2D eigenvalue weighted by molar-refractivity contribution is -0.356. The number of rotatable bonds is 4. The second kappa shape index (κ2) is 7.46. The number of hydrogen-bond donors (Lipinski definition) is 1. The van der Waals surface area contributed by atoms with Crippen LogP contribution in [0.3, 0.4) is 0 Å². The Morgan fingerprint density at radius 1 is 1.12 bits per heavy atom. The van der Waals surface area contributed by atoms with Crippen molar-refractivity contribution in [3.05, 3.63) is 24.8 Å². The Morgan fingerprint density at radius 2 is 1.58 bits per heavy atom. The fraction of sp³-hybridized carbons (Fsp3) is 0.364. The maximum Gasteiger partial charge on any atom is 0.438 e. The van der Waals surface area contributed by atoms with Crippen LogP contribution in [0.1, 0.15) is 10.4 Å². The molecule has 0 bridgehead atoms. The minimum atomic E-state index is -6.48. The summed E-state index contributed by atoms with van der Waals surface area (Å²) in [6, 6.07) is 1.97. The van der Waals surface area contributed by atoms with Gasteiger partial charge in [0.1, 0.15) is 11.3 Å². The van der Waals surface area contributed by atoms with Crippen molar-refractivity contribution >= 4 is 61.3 Å². The van der Waals surface area contributed by atoms with Gasteiger partial charge in [0.2, 0.25) is 0 Å². The molecule has 0 radical (unpaired) electrons. The van der Waals surface area contributed by atoms with Gasteiger partial charge in [-0.2, -0.15) is 26.3 Å². The average Bonchev–Trinajstić information content (AvgIpc) is 2.37. The van der Waals surface area contributed by atoms with Crippen LogP contribution in [0.15, 0.2) is 12.1 Å². The van der Waals surface area contributed by atoms with Crippen molar-refractivity contribution < 1.29 is 54.0 Å². The van der Waals surface area contributed by atoms with Crippen LogP contribution in [0.4, 0.5) is 26.3 Å². The van der Waals surface area contributed by atoms with Crippen molar-refractivity contribution in [3.8, 4) is 5.75 Å². The molecule has 0 unspecified atom stereocenters. The van der Waals surface area contributed by atoms with E-state index in [9.17, 15) is 49.2 Å². The fourth-order valence-electron chi connectivity index (χ4n) is 1.65. The molecule has 0 aliphatic carbocycles. The summed E-state index contributed by atoms with van der Waals surface area (Å²) in [5.74, 6) is -6.39. The zero-order valence-electron chi connectivity index (χ0n) is 11.8. The maximum atomic E-state index is 13.1. The first-order valence-corrected chi connectivity index (χ1v) is 9.63. The molecular weight excluding hydrogens is 628 g/mol. The lowest BCUT2D eigenvalue weighted by Crippen LogP contribution is -2.63. The standard InChI is InChI=1S/C11H6F6I2O6S/c12-10(13,14)9(11(15,16)17,3-26(22,23)24)25-8(21)5-1-4(18)2-6(19)7(5)20/h1-2,20H,3H2,(H,22,23,24)/p-1. The van der Waals surface area contributed by atoms with E-state index < -0.39 is 51.1 Å². The highest BCUT2D eigenvalue weighted by molar-refractivity contribution is 14.1. The van der Waals surface area contributed by atoms with Crippen LogP contribution in [0.2, 0.25) is 0 Å². The van der Waals surface area contributed by atoms with Crippen LogP contribution in [0.25, 0.3) is 0 Å². The van der Waals surface area contributed by atoms with Crippen LogP contribution in [0.5, 0.6) is 5.75 Å². The van der Waals surface area contributed by atoms with Crippen molar-refractivity contribution in [2.75, 3.05) is 5.75 Å².